The van der Waals surface area contributed by atoms with E-state index in [4.69, 9.17) is 5.14 Å². The fourth-order valence-corrected chi connectivity index (χ4v) is 4.80. The number of nitrogens with two attached hydrogens (primary N) is 1. The maximum Gasteiger partial charge on any atom is 0.247 e. The molecule has 166 valence electrons. The van der Waals surface area contributed by atoms with Crippen LogP contribution in [0.15, 0.2) is 39.5 Å². The lowest BCUT2D eigenvalue weighted by Crippen LogP contribution is -2.44. The number of rotatable bonds is 6. The van der Waals surface area contributed by atoms with Gasteiger partial charge in [0.05, 0.1) is 12.2 Å². The van der Waals surface area contributed by atoms with Gasteiger partial charge in [0.1, 0.15) is 15.8 Å². The van der Waals surface area contributed by atoms with Crippen molar-refractivity contribution < 1.29 is 17.2 Å². The summed E-state index contributed by atoms with van der Waals surface area (Å²) in [7, 11) is -3.71. The number of anilines is 1. The minimum absolute atomic E-state index is 0. The summed E-state index contributed by atoms with van der Waals surface area (Å²) in [5, 5.41) is 11.6. The van der Waals surface area contributed by atoms with Crippen LogP contribution in [0.1, 0.15) is 18.2 Å². The zero-order valence-electron chi connectivity index (χ0n) is 16.3. The van der Waals surface area contributed by atoms with E-state index in [0.29, 0.717) is 37.8 Å². The number of halogens is 3. The normalized spacial score (nSPS) is 17.0. The Balaban J connectivity index is 0.00000320. The van der Waals surface area contributed by atoms with E-state index in [1.165, 1.54) is 18.2 Å². The molecule has 12 heteroatoms. The number of benzene rings is 1. The van der Waals surface area contributed by atoms with E-state index in [1.807, 2.05) is 11.8 Å². The molecule has 0 aliphatic carbocycles. The minimum Gasteiger partial charge on any atom is -0.367 e. The van der Waals surface area contributed by atoms with Crippen LogP contribution in [-0.2, 0) is 16.6 Å². The summed E-state index contributed by atoms with van der Waals surface area (Å²) in [6.07, 6.45) is 0.774. The quantitative estimate of drug-likeness (QED) is 0.282. The van der Waals surface area contributed by atoms with Crippen molar-refractivity contribution in [3.63, 3.8) is 0 Å². The maximum atomic E-state index is 14.0. The van der Waals surface area contributed by atoms with Crippen molar-refractivity contribution in [3.05, 3.63) is 46.8 Å². The van der Waals surface area contributed by atoms with Gasteiger partial charge in [0, 0.05) is 36.6 Å². The summed E-state index contributed by atoms with van der Waals surface area (Å²) in [5.74, 6) is -0.583. The molecule has 1 atom stereocenters. The highest BCUT2D eigenvalue weighted by Crippen LogP contribution is 2.24. The van der Waals surface area contributed by atoms with Gasteiger partial charge in [0.25, 0.3) is 0 Å². The lowest BCUT2D eigenvalue weighted by molar-refractivity contribution is 0.580. The highest BCUT2D eigenvalue weighted by Gasteiger charge is 2.25. The second-order valence-corrected chi connectivity index (χ2v) is 9.59. The van der Waals surface area contributed by atoms with Gasteiger partial charge in [-0.05, 0) is 37.6 Å². The number of nitrogens with one attached hydrogen (secondary N) is 2. The van der Waals surface area contributed by atoms with E-state index in [9.17, 15) is 17.2 Å². The van der Waals surface area contributed by atoms with Gasteiger partial charge in [-0.25, -0.2) is 27.3 Å². The van der Waals surface area contributed by atoms with Crippen LogP contribution in [0.4, 0.5) is 14.5 Å². The summed E-state index contributed by atoms with van der Waals surface area (Å²) in [4.78, 5) is 7.14. The van der Waals surface area contributed by atoms with Crippen molar-refractivity contribution in [3.8, 4) is 0 Å². The monoisotopic (exact) mass is 571 g/mol. The van der Waals surface area contributed by atoms with Crippen molar-refractivity contribution in [2.75, 3.05) is 24.5 Å². The Hall–Kier alpha value is -1.51. The number of guanidine groups is 1. The van der Waals surface area contributed by atoms with Gasteiger partial charge in [-0.1, -0.05) is 0 Å². The summed E-state index contributed by atoms with van der Waals surface area (Å²) >= 11 is 1.09. The zero-order valence-corrected chi connectivity index (χ0v) is 20.2. The molecule has 1 aliphatic heterocycles. The van der Waals surface area contributed by atoms with E-state index in [2.05, 4.69) is 15.6 Å². The SMILES string of the molecule is CCNC(=NCc1ccc(S(N)(=O)=O)s1)NC1CCN(c2ccc(F)cc2F)C1.I. The number of primary sulfonamides is 1. The van der Waals surface area contributed by atoms with Gasteiger partial charge in [0.2, 0.25) is 10.0 Å². The molecule has 7 nitrogen and oxygen atoms in total. The topological polar surface area (TPSA) is 99.8 Å². The van der Waals surface area contributed by atoms with E-state index in [1.54, 1.807) is 6.07 Å². The molecule has 3 rings (SSSR count). The standard InChI is InChI=1S/C18H23F2N5O2S2.HI/c1-2-22-18(23-10-14-4-6-17(28-14)29(21,26)27)24-13-7-8-25(11-13)16-5-3-12(19)9-15(16)20;/h3-6,9,13H,2,7-8,10-11H2,1H3,(H2,21,26,27)(H2,22,23,24);1H. The molecule has 2 heterocycles. The average Bonchev–Trinajstić information content (AvgIpc) is 3.29. The van der Waals surface area contributed by atoms with E-state index in [-0.39, 0.29) is 34.2 Å². The maximum absolute atomic E-state index is 14.0. The predicted octanol–water partition coefficient (Wildman–Crippen LogP) is 2.63. The van der Waals surface area contributed by atoms with Crippen molar-refractivity contribution >= 4 is 57.0 Å². The van der Waals surface area contributed by atoms with Gasteiger partial charge < -0.3 is 15.5 Å². The largest absolute Gasteiger partial charge is 0.367 e. The zero-order chi connectivity index (χ0) is 21.0. The molecule has 4 N–H and O–H groups in total. The Kier molecular flexibility index (Phi) is 8.82. The van der Waals surface area contributed by atoms with Crippen molar-refractivity contribution in [1.82, 2.24) is 10.6 Å². The average molecular weight is 571 g/mol. The van der Waals surface area contributed by atoms with Crippen molar-refractivity contribution in [1.29, 1.82) is 0 Å². The van der Waals surface area contributed by atoms with E-state index < -0.39 is 21.7 Å². The molecule has 1 fully saturated rings. The molecule has 1 saturated heterocycles. The fourth-order valence-electron chi connectivity index (χ4n) is 3.10. The van der Waals surface area contributed by atoms with Crippen LogP contribution in [0.2, 0.25) is 0 Å². The Morgan fingerprint density at radius 3 is 2.73 bits per heavy atom. The molecule has 0 radical (unpaired) electrons. The highest BCUT2D eigenvalue weighted by molar-refractivity contribution is 14.0. The molecule has 0 spiro atoms. The van der Waals surface area contributed by atoms with Crippen LogP contribution >= 0.6 is 35.3 Å². The third-order valence-electron chi connectivity index (χ3n) is 4.43. The van der Waals surface area contributed by atoms with Gasteiger partial charge in [0.15, 0.2) is 5.96 Å². The molecule has 2 aromatic rings. The molecule has 1 aliphatic rings. The Labute approximate surface area is 195 Å². The molecule has 30 heavy (non-hydrogen) atoms. The minimum atomic E-state index is -3.71. The summed E-state index contributed by atoms with van der Waals surface area (Å²) in [6, 6.07) is 6.79. The van der Waals surface area contributed by atoms with Crippen LogP contribution < -0.4 is 20.7 Å². The highest BCUT2D eigenvalue weighted by atomic mass is 127. The second kappa shape index (κ2) is 10.7. The molecule has 1 aromatic carbocycles. The van der Waals surface area contributed by atoms with Gasteiger partial charge in [-0.3, -0.25) is 0 Å². The number of hydrogen-bond donors (Lipinski definition) is 3. The Bertz CT molecular complexity index is 1000. The third-order valence-corrected chi connectivity index (χ3v) is 6.94. The first kappa shape index (κ1) is 24.8. The number of sulfonamides is 1. The molecule has 0 amide bonds. The smallest absolute Gasteiger partial charge is 0.247 e. The molecule has 1 aromatic heterocycles. The number of nitrogens with zero attached hydrogens (tertiary/aromatic N) is 2. The number of hydrogen-bond acceptors (Lipinski definition) is 5. The van der Waals surface area contributed by atoms with E-state index >= 15 is 0 Å². The molecular formula is C18H24F2IN5O2S2. The lowest BCUT2D eigenvalue weighted by atomic mass is 10.2. The van der Waals surface area contributed by atoms with Crippen LogP contribution in [0, 0.1) is 11.6 Å². The fraction of sp³-hybridized carbons (Fsp3) is 0.389. The van der Waals surface area contributed by atoms with Crippen molar-refractivity contribution in [2.45, 2.75) is 30.1 Å². The first-order chi connectivity index (χ1) is 13.8. The number of aliphatic imine (C=N–C) groups is 1. The summed E-state index contributed by atoms with van der Waals surface area (Å²) in [5.41, 5.74) is 0.381. The lowest BCUT2D eigenvalue weighted by Gasteiger charge is -2.21. The number of thiophene rings is 1. The molecule has 0 bridgehead atoms. The predicted molar refractivity (Wildman–Crippen MR) is 126 cm³/mol. The van der Waals surface area contributed by atoms with E-state index in [0.717, 1.165) is 28.7 Å². The first-order valence-corrected chi connectivity index (χ1v) is 11.5. The Morgan fingerprint density at radius 2 is 2.10 bits per heavy atom. The molecule has 1 unspecified atom stereocenters. The van der Waals surface area contributed by atoms with Gasteiger partial charge in [-0.15, -0.1) is 35.3 Å². The summed E-state index contributed by atoms with van der Waals surface area (Å²) < 4.78 is 50.0. The van der Waals surface area contributed by atoms with Gasteiger partial charge >= 0.3 is 0 Å². The summed E-state index contributed by atoms with van der Waals surface area (Å²) in [6.45, 7) is 4.10. The van der Waals surface area contributed by atoms with Crippen LogP contribution in [0.25, 0.3) is 0 Å². The molecule has 0 saturated carbocycles. The molecular weight excluding hydrogens is 547 g/mol. The van der Waals surface area contributed by atoms with Crippen LogP contribution in [0.5, 0.6) is 0 Å². The third kappa shape index (κ3) is 6.49. The van der Waals surface area contributed by atoms with Crippen LogP contribution in [0.3, 0.4) is 0 Å². The van der Waals surface area contributed by atoms with Crippen molar-refractivity contribution in [2.24, 2.45) is 10.1 Å². The van der Waals surface area contributed by atoms with Crippen LogP contribution in [-0.4, -0.2) is 40.1 Å². The Morgan fingerprint density at radius 1 is 1.33 bits per heavy atom. The first-order valence-electron chi connectivity index (χ1n) is 9.12. The van der Waals surface area contributed by atoms with Gasteiger partial charge in [-0.2, -0.15) is 0 Å². The second-order valence-electron chi connectivity index (χ2n) is 6.63.